The van der Waals surface area contributed by atoms with E-state index in [-0.39, 0.29) is 13.0 Å². The molecule has 0 saturated carbocycles. The average molecular weight is 632 g/mol. The number of fused-ring (bicyclic) bond motifs is 1. The molecule has 3 aromatic carbocycles. The monoisotopic (exact) mass is 631 g/mol. The summed E-state index contributed by atoms with van der Waals surface area (Å²) in [5, 5.41) is 3.83. The Bertz CT molecular complexity index is 1730. The maximum absolute atomic E-state index is 14.2. The fraction of sp³-hybridized carbons (Fsp3) is 0.281. The number of esters is 1. The van der Waals surface area contributed by atoms with Crippen molar-refractivity contribution in [3.05, 3.63) is 107 Å². The van der Waals surface area contributed by atoms with Crippen LogP contribution in [-0.2, 0) is 28.3 Å². The van der Waals surface area contributed by atoms with E-state index in [4.69, 9.17) is 4.74 Å². The second kappa shape index (κ2) is 12.5. The predicted octanol–water partition coefficient (Wildman–Crippen LogP) is 5.70. The highest BCUT2D eigenvalue weighted by atomic mass is 19.4. The molecule has 13 heteroatoms. The van der Waals surface area contributed by atoms with Crippen LogP contribution in [0.15, 0.2) is 79.0 Å². The summed E-state index contributed by atoms with van der Waals surface area (Å²) in [5.74, 6) is -3.07. The van der Waals surface area contributed by atoms with Gasteiger partial charge in [0, 0.05) is 40.8 Å². The number of benzene rings is 3. The van der Waals surface area contributed by atoms with Crippen LogP contribution in [0.3, 0.4) is 0 Å². The molecule has 0 aliphatic carbocycles. The van der Waals surface area contributed by atoms with Gasteiger partial charge in [0.05, 0.1) is 36.9 Å². The Balaban J connectivity index is 1.65. The van der Waals surface area contributed by atoms with Gasteiger partial charge in [0.2, 0.25) is 0 Å². The zero-order valence-electron chi connectivity index (χ0n) is 23.7. The smallest absolute Gasteiger partial charge is 0.417 e. The van der Waals surface area contributed by atoms with Crippen LogP contribution in [0, 0.1) is 0 Å². The number of hydrogen-bond acceptors (Lipinski definition) is 6. The maximum Gasteiger partial charge on any atom is 0.417 e. The zero-order chi connectivity index (χ0) is 32.5. The Hall–Kier alpha value is -4.49. The molecular weight excluding hydrogens is 604 g/mol. The molecule has 1 saturated heterocycles. The quantitative estimate of drug-likeness (QED) is 0.147. The molecule has 3 atom stereocenters. The lowest BCUT2D eigenvalue weighted by Gasteiger charge is -2.45. The molecular formula is C32H27F6N3O4. The third kappa shape index (κ3) is 6.50. The number of ether oxygens (including phenoxy) is 1. The van der Waals surface area contributed by atoms with Crippen molar-refractivity contribution in [3.63, 3.8) is 0 Å². The number of halogens is 6. The van der Waals surface area contributed by atoms with E-state index < -0.39 is 76.8 Å². The first kappa shape index (κ1) is 31.9. The maximum atomic E-state index is 14.2. The first-order valence-corrected chi connectivity index (χ1v) is 13.8. The Morgan fingerprint density at radius 2 is 1.38 bits per heavy atom. The van der Waals surface area contributed by atoms with E-state index in [9.17, 15) is 40.7 Å². The van der Waals surface area contributed by atoms with Crippen LogP contribution >= 0.6 is 0 Å². The van der Waals surface area contributed by atoms with E-state index >= 15 is 0 Å². The molecule has 2 heterocycles. The summed E-state index contributed by atoms with van der Waals surface area (Å²) in [4.78, 5) is 44.9. The van der Waals surface area contributed by atoms with Gasteiger partial charge in [-0.1, -0.05) is 54.6 Å². The van der Waals surface area contributed by atoms with E-state index in [0.717, 1.165) is 59.3 Å². The van der Waals surface area contributed by atoms with Gasteiger partial charge in [-0.15, -0.1) is 0 Å². The molecule has 4 aromatic rings. The van der Waals surface area contributed by atoms with Crippen molar-refractivity contribution in [1.29, 1.82) is 0 Å². The minimum Gasteiger partial charge on any atom is -0.468 e. The summed E-state index contributed by atoms with van der Waals surface area (Å²) in [6, 6.07) is 11.3. The number of nitrogens with one attached hydrogen (secondary N) is 2. The van der Waals surface area contributed by atoms with Gasteiger partial charge in [-0.3, -0.25) is 19.3 Å². The molecule has 45 heavy (non-hydrogen) atoms. The number of Topliss-reactive ketones (excluding diaryl/α,β-unsaturated/α-hetero) is 2. The van der Waals surface area contributed by atoms with E-state index in [1.807, 2.05) is 12.1 Å². The molecule has 1 fully saturated rings. The Kier molecular flexibility index (Phi) is 8.86. The van der Waals surface area contributed by atoms with Crippen LogP contribution in [0.25, 0.3) is 10.9 Å². The zero-order valence-corrected chi connectivity index (χ0v) is 23.7. The number of nitrogens with zero attached hydrogens (tertiary/aromatic N) is 1. The lowest BCUT2D eigenvalue weighted by Crippen LogP contribution is -2.68. The number of carbonyl (C=O) groups excluding carboxylic acids is 3. The number of aromatic amines is 1. The Morgan fingerprint density at radius 1 is 0.822 bits per heavy atom. The Labute approximate surface area is 253 Å². The number of aromatic nitrogens is 1. The van der Waals surface area contributed by atoms with Gasteiger partial charge in [-0.25, -0.2) is 0 Å². The van der Waals surface area contributed by atoms with Gasteiger partial charge in [0.25, 0.3) is 0 Å². The van der Waals surface area contributed by atoms with Gasteiger partial charge in [-0.2, -0.15) is 26.3 Å². The third-order valence-corrected chi connectivity index (χ3v) is 7.93. The molecule has 1 aromatic heterocycles. The molecule has 7 nitrogen and oxygen atoms in total. The molecule has 1 aliphatic heterocycles. The van der Waals surface area contributed by atoms with E-state index in [2.05, 4.69) is 10.3 Å². The van der Waals surface area contributed by atoms with E-state index in [1.165, 1.54) is 12.1 Å². The molecule has 236 valence electrons. The molecule has 0 radical (unpaired) electrons. The first-order chi connectivity index (χ1) is 21.3. The molecule has 3 unspecified atom stereocenters. The van der Waals surface area contributed by atoms with Crippen molar-refractivity contribution >= 4 is 28.4 Å². The van der Waals surface area contributed by atoms with Crippen molar-refractivity contribution in [3.8, 4) is 0 Å². The number of ketones is 2. The number of para-hydroxylation sites is 1. The van der Waals surface area contributed by atoms with Crippen molar-refractivity contribution in [2.75, 3.05) is 20.2 Å². The average Bonchev–Trinajstić information content (AvgIpc) is 3.42. The topological polar surface area (TPSA) is 91.5 Å². The van der Waals surface area contributed by atoms with Crippen molar-refractivity contribution < 1.29 is 45.5 Å². The lowest BCUT2D eigenvalue weighted by atomic mass is 9.85. The summed E-state index contributed by atoms with van der Waals surface area (Å²) in [6.45, 7) is -1.06. The van der Waals surface area contributed by atoms with Crippen molar-refractivity contribution in [2.24, 2.45) is 0 Å². The van der Waals surface area contributed by atoms with E-state index in [1.54, 1.807) is 18.3 Å². The highest BCUT2D eigenvalue weighted by Crippen LogP contribution is 2.36. The van der Waals surface area contributed by atoms with Crippen molar-refractivity contribution in [1.82, 2.24) is 15.2 Å². The highest BCUT2D eigenvalue weighted by Gasteiger charge is 2.48. The Morgan fingerprint density at radius 3 is 1.98 bits per heavy atom. The SMILES string of the molecule is COC(=O)CN1C(C(=O)c2ccccc2C(F)(F)F)CNC(Cc2c[nH]c3ccccc23)C1C(=O)c1ccccc1C(F)(F)F. The van der Waals surface area contributed by atoms with Crippen LogP contribution in [-0.4, -0.2) is 65.7 Å². The van der Waals surface area contributed by atoms with Crippen LogP contribution < -0.4 is 5.32 Å². The van der Waals surface area contributed by atoms with Crippen LogP contribution in [0.5, 0.6) is 0 Å². The highest BCUT2D eigenvalue weighted by molar-refractivity contribution is 6.05. The van der Waals surface area contributed by atoms with Gasteiger partial charge in [0.15, 0.2) is 11.6 Å². The second-order valence-electron chi connectivity index (χ2n) is 10.6. The van der Waals surface area contributed by atoms with Gasteiger partial charge < -0.3 is 15.0 Å². The molecule has 0 amide bonds. The number of piperazine rings is 1. The van der Waals surface area contributed by atoms with Gasteiger partial charge in [0.1, 0.15) is 0 Å². The van der Waals surface area contributed by atoms with Gasteiger partial charge >= 0.3 is 18.3 Å². The molecule has 1 aliphatic rings. The fourth-order valence-electron chi connectivity index (χ4n) is 5.87. The molecule has 0 bridgehead atoms. The molecule has 5 rings (SSSR count). The van der Waals surface area contributed by atoms with Gasteiger partial charge in [-0.05, 0) is 30.2 Å². The normalized spacial score (nSPS) is 19.4. The number of alkyl halides is 6. The first-order valence-electron chi connectivity index (χ1n) is 13.8. The number of H-pyrrole nitrogens is 1. The summed E-state index contributed by atoms with van der Waals surface area (Å²) in [7, 11) is 1.04. The lowest BCUT2D eigenvalue weighted by molar-refractivity contribution is -0.143. The molecule has 2 N–H and O–H groups in total. The number of carbonyl (C=O) groups is 3. The minimum atomic E-state index is -4.92. The summed E-state index contributed by atoms with van der Waals surface area (Å²) >= 11 is 0. The fourth-order valence-corrected chi connectivity index (χ4v) is 5.87. The van der Waals surface area contributed by atoms with Crippen LogP contribution in [0.2, 0.25) is 0 Å². The predicted molar refractivity (Wildman–Crippen MR) is 152 cm³/mol. The van der Waals surface area contributed by atoms with Crippen LogP contribution in [0.1, 0.15) is 37.4 Å². The minimum absolute atomic E-state index is 0.0618. The number of rotatable bonds is 8. The summed E-state index contributed by atoms with van der Waals surface area (Å²) in [6.07, 6.45) is -8.08. The number of methoxy groups -OCH3 is 1. The van der Waals surface area contributed by atoms with E-state index in [0.29, 0.717) is 5.56 Å². The summed E-state index contributed by atoms with van der Waals surface area (Å²) < 4.78 is 88.7. The standard InChI is InChI=1S/C32H27F6N3O4/c1-45-27(42)17-41-26(29(43)20-9-2-5-11-22(20)31(33,34)35)16-40-25(14-18-15-39-24-13-7-4-8-19(18)24)28(41)30(44)21-10-3-6-12-23(21)32(36,37)38/h2-13,15,25-26,28,39-40H,14,16-17H2,1H3. The third-order valence-electron chi connectivity index (χ3n) is 7.93. The number of hydrogen-bond donors (Lipinski definition) is 2. The summed E-state index contributed by atoms with van der Waals surface area (Å²) in [5.41, 5.74) is -2.41. The largest absolute Gasteiger partial charge is 0.468 e. The van der Waals surface area contributed by atoms with Crippen LogP contribution in [0.4, 0.5) is 26.3 Å². The second-order valence-corrected chi connectivity index (χ2v) is 10.6. The van der Waals surface area contributed by atoms with Crippen molar-refractivity contribution in [2.45, 2.75) is 36.9 Å². The molecule has 0 spiro atoms.